The molecule has 0 saturated heterocycles. The van der Waals surface area contributed by atoms with Gasteiger partial charge in [0.15, 0.2) is 0 Å². The fourth-order valence-electron chi connectivity index (χ4n) is 2.68. The van der Waals surface area contributed by atoms with Crippen molar-refractivity contribution in [1.29, 1.82) is 0 Å². The molecule has 0 spiro atoms. The van der Waals surface area contributed by atoms with Crippen LogP contribution in [-0.2, 0) is 17.8 Å². The maximum absolute atomic E-state index is 12.5. The van der Waals surface area contributed by atoms with Gasteiger partial charge in [-0.15, -0.1) is 0 Å². The SMILES string of the molecule is COc1ccc(CC(=O)Nc2ccnn2Cc2ccccc2)c(OC)c1. The number of benzene rings is 2. The van der Waals surface area contributed by atoms with E-state index in [1.807, 2.05) is 42.5 Å². The molecule has 0 aliphatic carbocycles. The number of nitrogens with zero attached hydrogens (tertiary/aromatic N) is 2. The van der Waals surface area contributed by atoms with Crippen molar-refractivity contribution in [2.45, 2.75) is 13.0 Å². The largest absolute Gasteiger partial charge is 0.497 e. The van der Waals surface area contributed by atoms with Gasteiger partial charge < -0.3 is 14.8 Å². The van der Waals surface area contributed by atoms with Gasteiger partial charge in [-0.25, -0.2) is 4.68 Å². The lowest BCUT2D eigenvalue weighted by Gasteiger charge is -2.12. The lowest BCUT2D eigenvalue weighted by molar-refractivity contribution is -0.115. The van der Waals surface area contributed by atoms with Gasteiger partial charge in [-0.3, -0.25) is 4.79 Å². The summed E-state index contributed by atoms with van der Waals surface area (Å²) in [5, 5.41) is 7.20. The van der Waals surface area contributed by atoms with Crippen molar-refractivity contribution in [2.75, 3.05) is 19.5 Å². The number of anilines is 1. The van der Waals surface area contributed by atoms with E-state index in [1.165, 1.54) is 0 Å². The van der Waals surface area contributed by atoms with E-state index in [0.717, 1.165) is 11.1 Å². The zero-order valence-corrected chi connectivity index (χ0v) is 14.8. The Morgan fingerprint density at radius 2 is 1.88 bits per heavy atom. The van der Waals surface area contributed by atoms with E-state index >= 15 is 0 Å². The minimum Gasteiger partial charge on any atom is -0.497 e. The molecule has 0 saturated carbocycles. The number of amides is 1. The minimum atomic E-state index is -0.136. The van der Waals surface area contributed by atoms with Crippen molar-refractivity contribution in [3.8, 4) is 11.5 Å². The molecule has 0 atom stereocenters. The highest BCUT2D eigenvalue weighted by atomic mass is 16.5. The quantitative estimate of drug-likeness (QED) is 0.710. The Labute approximate surface area is 152 Å². The third kappa shape index (κ3) is 4.22. The summed E-state index contributed by atoms with van der Waals surface area (Å²) < 4.78 is 12.3. The number of nitrogens with one attached hydrogen (secondary N) is 1. The number of methoxy groups -OCH3 is 2. The lowest BCUT2D eigenvalue weighted by Crippen LogP contribution is -2.18. The number of carbonyl (C=O) groups excluding carboxylic acids is 1. The molecule has 0 bridgehead atoms. The van der Waals surface area contributed by atoms with E-state index in [2.05, 4.69) is 10.4 Å². The third-order valence-electron chi connectivity index (χ3n) is 4.00. The van der Waals surface area contributed by atoms with Crippen LogP contribution in [0.15, 0.2) is 60.8 Å². The van der Waals surface area contributed by atoms with Gasteiger partial charge in [0.2, 0.25) is 5.91 Å². The molecule has 0 unspecified atom stereocenters. The molecule has 2 aromatic carbocycles. The Morgan fingerprint density at radius 3 is 2.62 bits per heavy atom. The second-order valence-electron chi connectivity index (χ2n) is 5.76. The van der Waals surface area contributed by atoms with Crippen LogP contribution in [0.3, 0.4) is 0 Å². The van der Waals surface area contributed by atoms with Crippen LogP contribution in [-0.4, -0.2) is 29.9 Å². The second kappa shape index (κ2) is 8.20. The van der Waals surface area contributed by atoms with E-state index in [1.54, 1.807) is 37.2 Å². The zero-order chi connectivity index (χ0) is 18.4. The molecule has 134 valence electrons. The lowest BCUT2D eigenvalue weighted by atomic mass is 10.1. The predicted octanol–water partition coefficient (Wildman–Crippen LogP) is 3.13. The van der Waals surface area contributed by atoms with Gasteiger partial charge >= 0.3 is 0 Å². The van der Waals surface area contributed by atoms with Crippen LogP contribution in [0, 0.1) is 0 Å². The number of ether oxygens (including phenoxy) is 2. The van der Waals surface area contributed by atoms with Gasteiger partial charge in [-0.05, 0) is 11.6 Å². The Balaban J connectivity index is 1.69. The second-order valence-corrected chi connectivity index (χ2v) is 5.76. The molecule has 0 aliphatic heterocycles. The summed E-state index contributed by atoms with van der Waals surface area (Å²) in [5.41, 5.74) is 1.91. The maximum Gasteiger partial charge on any atom is 0.230 e. The zero-order valence-electron chi connectivity index (χ0n) is 14.8. The van der Waals surface area contributed by atoms with Crippen LogP contribution in [0.1, 0.15) is 11.1 Å². The van der Waals surface area contributed by atoms with Crippen molar-refractivity contribution in [3.05, 3.63) is 71.9 Å². The summed E-state index contributed by atoms with van der Waals surface area (Å²) in [7, 11) is 3.17. The standard InChI is InChI=1S/C20H21N3O3/c1-25-17-9-8-16(18(13-17)26-2)12-20(24)22-19-10-11-21-23(19)14-15-6-4-3-5-7-15/h3-11,13H,12,14H2,1-2H3,(H,22,24). The fraction of sp³-hybridized carbons (Fsp3) is 0.200. The molecule has 1 N–H and O–H groups in total. The first-order chi connectivity index (χ1) is 12.7. The highest BCUT2D eigenvalue weighted by Gasteiger charge is 2.12. The average Bonchev–Trinajstić information content (AvgIpc) is 3.09. The first-order valence-electron chi connectivity index (χ1n) is 8.26. The summed E-state index contributed by atoms with van der Waals surface area (Å²) in [6, 6.07) is 17.2. The third-order valence-corrected chi connectivity index (χ3v) is 4.00. The molecule has 6 heteroatoms. The van der Waals surface area contributed by atoms with Crippen LogP contribution in [0.25, 0.3) is 0 Å². The number of hydrogen-bond donors (Lipinski definition) is 1. The number of carbonyl (C=O) groups is 1. The average molecular weight is 351 g/mol. The van der Waals surface area contributed by atoms with Crippen molar-refractivity contribution in [3.63, 3.8) is 0 Å². The van der Waals surface area contributed by atoms with E-state index < -0.39 is 0 Å². The number of aromatic nitrogens is 2. The summed E-state index contributed by atoms with van der Waals surface area (Å²) in [6.07, 6.45) is 1.87. The first kappa shape index (κ1) is 17.5. The van der Waals surface area contributed by atoms with Gasteiger partial charge in [0.05, 0.1) is 33.4 Å². The Hall–Kier alpha value is -3.28. The molecule has 1 amide bonds. The molecule has 3 rings (SSSR count). The van der Waals surface area contributed by atoms with Gasteiger partial charge in [0.25, 0.3) is 0 Å². The highest BCUT2D eigenvalue weighted by molar-refractivity contribution is 5.91. The molecule has 6 nitrogen and oxygen atoms in total. The Kier molecular flexibility index (Phi) is 5.53. The normalized spacial score (nSPS) is 10.4. The molecule has 1 aromatic heterocycles. The van der Waals surface area contributed by atoms with E-state index in [0.29, 0.717) is 23.9 Å². The summed E-state index contributed by atoms with van der Waals surface area (Å²) in [4.78, 5) is 12.5. The molecule has 3 aromatic rings. The monoisotopic (exact) mass is 351 g/mol. The van der Waals surface area contributed by atoms with Crippen LogP contribution in [0.2, 0.25) is 0 Å². The van der Waals surface area contributed by atoms with E-state index in [4.69, 9.17) is 9.47 Å². The Morgan fingerprint density at radius 1 is 1.08 bits per heavy atom. The molecule has 26 heavy (non-hydrogen) atoms. The van der Waals surface area contributed by atoms with Gasteiger partial charge in [0.1, 0.15) is 17.3 Å². The molecule has 0 aliphatic rings. The maximum atomic E-state index is 12.5. The molecule has 0 fully saturated rings. The van der Waals surface area contributed by atoms with Crippen LogP contribution >= 0.6 is 0 Å². The minimum absolute atomic E-state index is 0.136. The summed E-state index contributed by atoms with van der Waals surface area (Å²) in [5.74, 6) is 1.83. The number of hydrogen-bond acceptors (Lipinski definition) is 4. The smallest absolute Gasteiger partial charge is 0.230 e. The van der Waals surface area contributed by atoms with Crippen molar-refractivity contribution < 1.29 is 14.3 Å². The van der Waals surface area contributed by atoms with Crippen LogP contribution in [0.4, 0.5) is 5.82 Å². The highest BCUT2D eigenvalue weighted by Crippen LogP contribution is 2.25. The van der Waals surface area contributed by atoms with Crippen molar-refractivity contribution in [1.82, 2.24) is 9.78 Å². The van der Waals surface area contributed by atoms with Crippen LogP contribution in [0.5, 0.6) is 11.5 Å². The van der Waals surface area contributed by atoms with Gasteiger partial charge in [-0.1, -0.05) is 36.4 Å². The van der Waals surface area contributed by atoms with Gasteiger partial charge in [0, 0.05) is 17.7 Å². The predicted molar refractivity (Wildman–Crippen MR) is 99.7 cm³/mol. The molecular formula is C20H21N3O3. The first-order valence-corrected chi connectivity index (χ1v) is 8.26. The summed E-state index contributed by atoms with van der Waals surface area (Å²) >= 11 is 0. The van der Waals surface area contributed by atoms with E-state index in [9.17, 15) is 4.79 Å². The van der Waals surface area contributed by atoms with Gasteiger partial charge in [-0.2, -0.15) is 5.10 Å². The van der Waals surface area contributed by atoms with Crippen molar-refractivity contribution >= 4 is 11.7 Å². The van der Waals surface area contributed by atoms with E-state index in [-0.39, 0.29) is 12.3 Å². The van der Waals surface area contributed by atoms with Crippen molar-refractivity contribution in [2.24, 2.45) is 0 Å². The molecular weight excluding hydrogens is 330 g/mol. The topological polar surface area (TPSA) is 65.4 Å². The van der Waals surface area contributed by atoms with Crippen LogP contribution < -0.4 is 14.8 Å². The Bertz CT molecular complexity index is 875. The fourth-order valence-corrected chi connectivity index (χ4v) is 2.68. The molecule has 0 radical (unpaired) electrons. The summed E-state index contributed by atoms with van der Waals surface area (Å²) in [6.45, 7) is 0.593. The molecule has 1 heterocycles. The number of rotatable bonds is 7.